The molecule has 1 aromatic heterocycles. The first-order valence-corrected chi connectivity index (χ1v) is 11.5. The van der Waals surface area contributed by atoms with Crippen LogP contribution in [0.4, 0.5) is 5.69 Å². The minimum absolute atomic E-state index is 0.0973. The lowest BCUT2D eigenvalue weighted by atomic mass is 9.83. The standard InChI is InChI=1S/C20H25N5O3S/c1-2-29(27,28)25-10-8-13(9-11-25)15-12-22-17-16(15)23-20(24-18(17)19(21)26)14-6-4-3-5-7-14/h3-7,13,15,22H,2,8-12H2,1H3,(H2,21,26). The highest BCUT2D eigenvalue weighted by molar-refractivity contribution is 7.89. The zero-order valence-corrected chi connectivity index (χ0v) is 17.2. The fourth-order valence-electron chi connectivity index (χ4n) is 4.25. The van der Waals surface area contributed by atoms with Crippen LogP contribution in [0.25, 0.3) is 11.4 Å². The number of primary amides is 1. The summed E-state index contributed by atoms with van der Waals surface area (Å²) in [6.07, 6.45) is 1.53. The van der Waals surface area contributed by atoms with Crippen LogP contribution in [-0.4, -0.2) is 54.0 Å². The zero-order valence-electron chi connectivity index (χ0n) is 16.3. The fraction of sp³-hybridized carbons (Fsp3) is 0.450. The number of aromatic nitrogens is 2. The predicted octanol–water partition coefficient (Wildman–Crippen LogP) is 1.81. The molecule has 2 aliphatic rings. The molecule has 2 aromatic rings. The second-order valence-corrected chi connectivity index (χ2v) is 9.77. The Morgan fingerprint density at radius 2 is 1.90 bits per heavy atom. The Morgan fingerprint density at radius 1 is 1.21 bits per heavy atom. The number of fused-ring (bicyclic) bond motifs is 1. The Hall–Kier alpha value is -2.52. The Bertz CT molecular complexity index is 1020. The first-order chi connectivity index (χ1) is 13.9. The Kier molecular flexibility index (Phi) is 5.26. The summed E-state index contributed by atoms with van der Waals surface area (Å²) >= 11 is 0. The van der Waals surface area contributed by atoms with E-state index in [9.17, 15) is 13.2 Å². The van der Waals surface area contributed by atoms with Gasteiger partial charge in [0.2, 0.25) is 10.0 Å². The number of nitrogens with zero attached hydrogens (tertiary/aromatic N) is 3. The molecule has 1 amide bonds. The number of sulfonamides is 1. The minimum atomic E-state index is -3.16. The molecule has 0 aliphatic carbocycles. The summed E-state index contributed by atoms with van der Waals surface area (Å²) in [4.78, 5) is 21.2. The molecule has 1 aromatic carbocycles. The second kappa shape index (κ2) is 7.72. The zero-order chi connectivity index (χ0) is 20.6. The van der Waals surface area contributed by atoms with Crippen LogP contribution in [0.1, 0.15) is 41.9 Å². The van der Waals surface area contributed by atoms with Crippen molar-refractivity contribution in [3.8, 4) is 11.4 Å². The average molecular weight is 416 g/mol. The Morgan fingerprint density at radius 3 is 2.52 bits per heavy atom. The predicted molar refractivity (Wildman–Crippen MR) is 111 cm³/mol. The van der Waals surface area contributed by atoms with Crippen LogP contribution >= 0.6 is 0 Å². The topological polar surface area (TPSA) is 118 Å². The second-order valence-electron chi connectivity index (χ2n) is 7.51. The van der Waals surface area contributed by atoms with Crippen LogP contribution in [-0.2, 0) is 10.0 Å². The fourth-order valence-corrected chi connectivity index (χ4v) is 5.39. The van der Waals surface area contributed by atoms with Crippen LogP contribution in [0.15, 0.2) is 30.3 Å². The summed E-state index contributed by atoms with van der Waals surface area (Å²) in [7, 11) is -3.16. The van der Waals surface area contributed by atoms with Gasteiger partial charge < -0.3 is 11.1 Å². The molecule has 9 heteroatoms. The third-order valence-electron chi connectivity index (χ3n) is 5.88. The first-order valence-electron chi connectivity index (χ1n) is 9.89. The summed E-state index contributed by atoms with van der Waals surface area (Å²) < 4.78 is 25.9. The molecule has 0 spiro atoms. The molecule has 3 heterocycles. The summed E-state index contributed by atoms with van der Waals surface area (Å²) in [6.45, 7) is 3.36. The third kappa shape index (κ3) is 3.72. The van der Waals surface area contributed by atoms with E-state index in [1.807, 2.05) is 30.3 Å². The number of nitrogens with one attached hydrogen (secondary N) is 1. The number of piperidine rings is 1. The van der Waals surface area contributed by atoms with Crippen molar-refractivity contribution in [3.63, 3.8) is 0 Å². The lowest BCUT2D eigenvalue weighted by Crippen LogP contribution is -2.40. The Labute approximate surface area is 170 Å². The van der Waals surface area contributed by atoms with Gasteiger partial charge in [0.1, 0.15) is 0 Å². The monoisotopic (exact) mass is 415 g/mol. The molecule has 0 radical (unpaired) electrons. The number of amides is 1. The van der Waals surface area contributed by atoms with Crippen LogP contribution in [0.2, 0.25) is 0 Å². The highest BCUT2D eigenvalue weighted by Gasteiger charge is 2.37. The van der Waals surface area contributed by atoms with Crippen molar-refractivity contribution in [1.29, 1.82) is 0 Å². The summed E-state index contributed by atoms with van der Waals surface area (Å²) in [6, 6.07) is 9.51. The molecule has 1 fully saturated rings. The van der Waals surface area contributed by atoms with Crippen molar-refractivity contribution in [2.24, 2.45) is 11.7 Å². The van der Waals surface area contributed by atoms with E-state index < -0.39 is 15.9 Å². The van der Waals surface area contributed by atoms with Crippen molar-refractivity contribution in [3.05, 3.63) is 41.7 Å². The normalized spacial score (nSPS) is 20.2. The van der Waals surface area contributed by atoms with Crippen LogP contribution < -0.4 is 11.1 Å². The van der Waals surface area contributed by atoms with Gasteiger partial charge in [-0.15, -0.1) is 0 Å². The highest BCUT2D eigenvalue weighted by Crippen LogP contribution is 2.41. The summed E-state index contributed by atoms with van der Waals surface area (Å²) in [5.74, 6) is 0.406. The van der Waals surface area contributed by atoms with Crippen molar-refractivity contribution in [2.45, 2.75) is 25.7 Å². The molecule has 154 valence electrons. The molecule has 8 nitrogen and oxygen atoms in total. The molecule has 3 N–H and O–H groups in total. The lowest BCUT2D eigenvalue weighted by Gasteiger charge is -2.33. The van der Waals surface area contributed by atoms with Gasteiger partial charge in [0.05, 0.1) is 17.1 Å². The molecule has 1 atom stereocenters. The van der Waals surface area contributed by atoms with Gasteiger partial charge in [0.25, 0.3) is 5.91 Å². The van der Waals surface area contributed by atoms with Crippen molar-refractivity contribution in [2.75, 3.05) is 30.7 Å². The molecule has 2 aliphatic heterocycles. The number of carbonyl (C=O) groups is 1. The number of carbonyl (C=O) groups excluding carboxylic acids is 1. The molecule has 1 unspecified atom stereocenters. The van der Waals surface area contributed by atoms with Crippen LogP contribution in [0, 0.1) is 5.92 Å². The number of rotatable bonds is 5. The van der Waals surface area contributed by atoms with Gasteiger partial charge >= 0.3 is 0 Å². The number of benzene rings is 1. The van der Waals surface area contributed by atoms with E-state index in [0.29, 0.717) is 31.1 Å². The van der Waals surface area contributed by atoms with Gasteiger partial charge in [-0.25, -0.2) is 22.7 Å². The molecular formula is C20H25N5O3S. The van der Waals surface area contributed by atoms with Crippen molar-refractivity contribution in [1.82, 2.24) is 14.3 Å². The Balaban J connectivity index is 1.64. The molecular weight excluding hydrogens is 390 g/mol. The lowest BCUT2D eigenvalue weighted by molar-refractivity contribution is 0.0996. The maximum Gasteiger partial charge on any atom is 0.269 e. The van der Waals surface area contributed by atoms with Crippen LogP contribution in [0.5, 0.6) is 0 Å². The van der Waals surface area contributed by atoms with E-state index in [-0.39, 0.29) is 23.3 Å². The van der Waals surface area contributed by atoms with Crippen molar-refractivity contribution >= 4 is 21.6 Å². The smallest absolute Gasteiger partial charge is 0.269 e. The first kappa shape index (κ1) is 19.8. The van der Waals surface area contributed by atoms with E-state index in [1.165, 1.54) is 0 Å². The molecule has 4 rings (SSSR count). The number of hydrogen-bond acceptors (Lipinski definition) is 6. The van der Waals surface area contributed by atoms with E-state index in [1.54, 1.807) is 11.2 Å². The van der Waals surface area contributed by atoms with E-state index in [0.717, 1.165) is 24.1 Å². The van der Waals surface area contributed by atoms with Gasteiger partial charge in [0, 0.05) is 31.1 Å². The van der Waals surface area contributed by atoms with Crippen LogP contribution in [0.3, 0.4) is 0 Å². The average Bonchev–Trinajstić information content (AvgIpc) is 3.17. The van der Waals surface area contributed by atoms with E-state index in [4.69, 9.17) is 10.7 Å². The largest absolute Gasteiger partial charge is 0.381 e. The number of hydrogen-bond donors (Lipinski definition) is 2. The molecule has 1 saturated heterocycles. The maximum atomic E-state index is 12.1. The molecule has 0 saturated carbocycles. The maximum absolute atomic E-state index is 12.1. The van der Waals surface area contributed by atoms with E-state index >= 15 is 0 Å². The van der Waals surface area contributed by atoms with Gasteiger partial charge in [-0.05, 0) is 25.7 Å². The third-order valence-corrected chi connectivity index (χ3v) is 7.76. The summed E-state index contributed by atoms with van der Waals surface area (Å²) in [5.41, 5.74) is 8.06. The number of anilines is 1. The van der Waals surface area contributed by atoms with E-state index in [2.05, 4.69) is 10.3 Å². The SMILES string of the molecule is CCS(=O)(=O)N1CCC(C2CNc3c(C(N)=O)nc(-c4ccccc4)nc32)CC1. The van der Waals surface area contributed by atoms with Crippen molar-refractivity contribution < 1.29 is 13.2 Å². The summed E-state index contributed by atoms with van der Waals surface area (Å²) in [5, 5.41) is 3.27. The highest BCUT2D eigenvalue weighted by atomic mass is 32.2. The number of nitrogens with two attached hydrogens (primary N) is 1. The quantitative estimate of drug-likeness (QED) is 0.769. The van der Waals surface area contributed by atoms with Gasteiger partial charge in [0.15, 0.2) is 11.5 Å². The van der Waals surface area contributed by atoms with Gasteiger partial charge in [-0.1, -0.05) is 30.3 Å². The van der Waals surface area contributed by atoms with Gasteiger partial charge in [-0.3, -0.25) is 4.79 Å². The molecule has 0 bridgehead atoms. The minimum Gasteiger partial charge on any atom is -0.381 e. The van der Waals surface area contributed by atoms with Gasteiger partial charge in [-0.2, -0.15) is 0 Å². The molecule has 29 heavy (non-hydrogen) atoms.